The molecule has 7 nitrogen and oxygen atoms in total. The van der Waals surface area contributed by atoms with E-state index in [1.54, 1.807) is 0 Å². The minimum Gasteiger partial charge on any atom is -0.392 e. The molecule has 160 valence electrons. The lowest BCUT2D eigenvalue weighted by molar-refractivity contribution is -0.143. The second-order valence-corrected chi connectivity index (χ2v) is 8.26. The molecule has 0 radical (unpaired) electrons. The Morgan fingerprint density at radius 2 is 1.74 bits per heavy atom. The third kappa shape index (κ3) is 2.66. The van der Waals surface area contributed by atoms with E-state index in [-0.39, 0.29) is 12.1 Å². The number of aliphatic hydroxyl groups is 1. The van der Waals surface area contributed by atoms with Gasteiger partial charge in [-0.05, 0) is 42.8 Å². The number of anilines is 1. The van der Waals surface area contributed by atoms with Crippen LogP contribution in [0.3, 0.4) is 0 Å². The number of carbonyl (C=O) groups is 3. The fraction of sp³-hybridized carbons (Fsp3) is 0.318. The molecule has 3 N–H and O–H groups in total. The van der Waals surface area contributed by atoms with Crippen molar-refractivity contribution in [2.24, 2.45) is 11.8 Å². The van der Waals surface area contributed by atoms with E-state index in [0.29, 0.717) is 11.3 Å². The van der Waals surface area contributed by atoms with Gasteiger partial charge in [-0.25, -0.2) is 8.78 Å². The first-order chi connectivity index (χ1) is 14.7. The largest absolute Gasteiger partial charge is 0.392 e. The number of hydrogen-bond acceptors (Lipinski definition) is 5. The Balaban J connectivity index is 1.61. The third-order valence-corrected chi connectivity index (χ3v) is 6.48. The molecule has 9 heteroatoms. The van der Waals surface area contributed by atoms with Crippen LogP contribution in [0.4, 0.5) is 14.5 Å². The van der Waals surface area contributed by atoms with Crippen LogP contribution in [0.2, 0.25) is 0 Å². The highest BCUT2D eigenvalue weighted by molar-refractivity contribution is 6.15. The Hall–Kier alpha value is -3.17. The first-order valence-corrected chi connectivity index (χ1v) is 9.91. The Bertz CT molecular complexity index is 1120. The lowest BCUT2D eigenvalue weighted by Gasteiger charge is -2.30. The Kier molecular flexibility index (Phi) is 4.25. The minimum atomic E-state index is -1.67. The zero-order chi connectivity index (χ0) is 22.1. The van der Waals surface area contributed by atoms with Crippen molar-refractivity contribution >= 4 is 23.4 Å². The molecule has 3 aliphatic heterocycles. The van der Waals surface area contributed by atoms with E-state index in [1.807, 2.05) is 0 Å². The number of halogens is 2. The second kappa shape index (κ2) is 6.66. The molecule has 1 spiro atoms. The summed E-state index contributed by atoms with van der Waals surface area (Å²) in [6.07, 6.45) is -1.06. The number of hydrogen-bond donors (Lipinski definition) is 3. The van der Waals surface area contributed by atoms with Crippen molar-refractivity contribution in [3.63, 3.8) is 0 Å². The highest BCUT2D eigenvalue weighted by Crippen LogP contribution is 2.53. The standard InChI is InChI=1S/C22H19F2N3O4/c1-10(28)18-16-17(20(30)27(19(16)29)9-11-2-4-12(23)5-3-11)22(26-18)14-8-13(24)6-7-15(14)25-21(22)31/h2-8,10,16-18,26,28H,9H2,1H3,(H,25,31)/t10-,16+,17+,18-,22+/m1/s1. The molecule has 2 aromatic rings. The van der Waals surface area contributed by atoms with Crippen LogP contribution >= 0.6 is 0 Å². The normalized spacial score (nSPS) is 30.0. The molecule has 3 heterocycles. The zero-order valence-electron chi connectivity index (χ0n) is 16.4. The molecule has 0 saturated carbocycles. The van der Waals surface area contributed by atoms with Gasteiger partial charge in [0.25, 0.3) is 0 Å². The van der Waals surface area contributed by atoms with Gasteiger partial charge in [-0.15, -0.1) is 0 Å². The maximum absolute atomic E-state index is 14.1. The fourth-order valence-electron chi connectivity index (χ4n) is 5.11. The van der Waals surface area contributed by atoms with Crippen LogP contribution in [0.5, 0.6) is 0 Å². The van der Waals surface area contributed by atoms with Crippen molar-refractivity contribution < 1.29 is 28.3 Å². The summed E-state index contributed by atoms with van der Waals surface area (Å²) in [5, 5.41) is 16.0. The lowest BCUT2D eigenvalue weighted by atomic mass is 9.76. The van der Waals surface area contributed by atoms with Crippen molar-refractivity contribution in [3.05, 3.63) is 65.2 Å². The highest BCUT2D eigenvalue weighted by Gasteiger charge is 2.71. The second-order valence-electron chi connectivity index (χ2n) is 8.26. The van der Waals surface area contributed by atoms with Crippen LogP contribution in [-0.4, -0.2) is 39.9 Å². The molecule has 31 heavy (non-hydrogen) atoms. The number of fused-ring (bicyclic) bond motifs is 4. The summed E-state index contributed by atoms with van der Waals surface area (Å²) in [6.45, 7) is 1.37. The number of benzene rings is 2. The minimum absolute atomic E-state index is 0.0921. The maximum Gasteiger partial charge on any atom is 0.250 e. The molecule has 2 fully saturated rings. The van der Waals surface area contributed by atoms with Gasteiger partial charge in [-0.2, -0.15) is 0 Å². The topological polar surface area (TPSA) is 98.7 Å². The van der Waals surface area contributed by atoms with Crippen LogP contribution in [0.25, 0.3) is 0 Å². The molecule has 0 aliphatic carbocycles. The number of imide groups is 1. The van der Waals surface area contributed by atoms with Crippen LogP contribution in [-0.2, 0) is 26.5 Å². The SMILES string of the molecule is C[C@@H](O)[C@H]1N[C@]2(C(=O)Nc3ccc(F)cc32)[C@@H]2C(=O)N(Cc3ccc(F)cc3)C(=O)[C@H]12. The highest BCUT2D eigenvalue weighted by atomic mass is 19.1. The number of amides is 3. The molecule has 3 aliphatic rings. The van der Waals surface area contributed by atoms with Crippen LogP contribution < -0.4 is 10.6 Å². The first kappa shape index (κ1) is 19.8. The van der Waals surface area contributed by atoms with Crippen LogP contribution in [0.1, 0.15) is 18.1 Å². The summed E-state index contributed by atoms with van der Waals surface area (Å²) in [7, 11) is 0. The quantitative estimate of drug-likeness (QED) is 0.641. The van der Waals surface area contributed by atoms with Crippen molar-refractivity contribution in [2.45, 2.75) is 31.2 Å². The van der Waals surface area contributed by atoms with Gasteiger partial charge in [0, 0.05) is 17.3 Å². The summed E-state index contributed by atoms with van der Waals surface area (Å²) in [5.74, 6) is -4.90. The van der Waals surface area contributed by atoms with Crippen molar-refractivity contribution in [1.29, 1.82) is 0 Å². The van der Waals surface area contributed by atoms with Gasteiger partial charge in [0.2, 0.25) is 17.7 Å². The third-order valence-electron chi connectivity index (χ3n) is 6.48. The Morgan fingerprint density at radius 3 is 2.42 bits per heavy atom. The average Bonchev–Trinajstić information content (AvgIpc) is 3.31. The fourth-order valence-corrected chi connectivity index (χ4v) is 5.11. The van der Waals surface area contributed by atoms with Crippen molar-refractivity contribution in [1.82, 2.24) is 10.2 Å². The number of nitrogens with one attached hydrogen (secondary N) is 2. The number of nitrogens with zero attached hydrogens (tertiary/aromatic N) is 1. The van der Waals surface area contributed by atoms with E-state index in [1.165, 1.54) is 49.4 Å². The van der Waals surface area contributed by atoms with Crippen LogP contribution in [0.15, 0.2) is 42.5 Å². The molecule has 0 aromatic heterocycles. The molecule has 0 unspecified atom stereocenters. The first-order valence-electron chi connectivity index (χ1n) is 9.91. The predicted octanol–water partition coefficient (Wildman–Crippen LogP) is 1.27. The number of likely N-dealkylation sites (tertiary alicyclic amines) is 1. The van der Waals surface area contributed by atoms with E-state index in [9.17, 15) is 28.3 Å². The van der Waals surface area contributed by atoms with E-state index >= 15 is 0 Å². The number of carbonyl (C=O) groups excluding carboxylic acids is 3. The molecule has 2 saturated heterocycles. The zero-order valence-corrected chi connectivity index (χ0v) is 16.4. The molecule has 0 bridgehead atoms. The van der Waals surface area contributed by atoms with Gasteiger partial charge in [0.05, 0.1) is 24.5 Å². The van der Waals surface area contributed by atoms with Crippen LogP contribution in [0, 0.1) is 23.5 Å². The summed E-state index contributed by atoms with van der Waals surface area (Å²) in [6, 6.07) is 8.27. The van der Waals surface area contributed by atoms with E-state index < -0.39 is 58.9 Å². The summed E-state index contributed by atoms with van der Waals surface area (Å²) in [4.78, 5) is 40.9. The van der Waals surface area contributed by atoms with E-state index in [0.717, 1.165) is 4.90 Å². The molecule has 5 atom stereocenters. The maximum atomic E-state index is 14.1. The predicted molar refractivity (Wildman–Crippen MR) is 104 cm³/mol. The van der Waals surface area contributed by atoms with Gasteiger partial charge < -0.3 is 10.4 Å². The molecular weight excluding hydrogens is 408 g/mol. The van der Waals surface area contributed by atoms with Crippen molar-refractivity contribution in [2.75, 3.05) is 5.32 Å². The van der Waals surface area contributed by atoms with Gasteiger partial charge in [-0.1, -0.05) is 12.1 Å². The van der Waals surface area contributed by atoms with Gasteiger partial charge >= 0.3 is 0 Å². The Morgan fingerprint density at radius 1 is 1.06 bits per heavy atom. The summed E-state index contributed by atoms with van der Waals surface area (Å²) in [5.41, 5.74) is -0.545. The number of rotatable bonds is 3. The monoisotopic (exact) mass is 427 g/mol. The molecule has 3 amide bonds. The van der Waals surface area contributed by atoms with E-state index in [2.05, 4.69) is 10.6 Å². The summed E-state index contributed by atoms with van der Waals surface area (Å²) >= 11 is 0. The smallest absolute Gasteiger partial charge is 0.250 e. The Labute approximate surface area is 176 Å². The molecular formula is C22H19F2N3O4. The number of aliphatic hydroxyl groups excluding tert-OH is 1. The summed E-state index contributed by atoms with van der Waals surface area (Å²) < 4.78 is 27.3. The van der Waals surface area contributed by atoms with Crippen molar-refractivity contribution in [3.8, 4) is 0 Å². The average molecular weight is 427 g/mol. The van der Waals surface area contributed by atoms with Gasteiger partial charge in [-0.3, -0.25) is 24.6 Å². The van der Waals surface area contributed by atoms with E-state index in [4.69, 9.17) is 0 Å². The van der Waals surface area contributed by atoms with Gasteiger partial charge in [0.1, 0.15) is 17.2 Å². The van der Waals surface area contributed by atoms with Gasteiger partial charge in [0.15, 0.2) is 0 Å². The lowest BCUT2D eigenvalue weighted by Crippen LogP contribution is -2.54. The molecule has 5 rings (SSSR count). The molecule has 2 aromatic carbocycles.